The highest BCUT2D eigenvalue weighted by molar-refractivity contribution is 6.36. The smallest absolute Gasteiger partial charge is 0.257 e. The molecule has 0 aliphatic rings. The molecule has 18 heavy (non-hydrogen) atoms. The van der Waals surface area contributed by atoms with E-state index in [1.54, 1.807) is 36.4 Å². The summed E-state index contributed by atoms with van der Waals surface area (Å²) in [6.07, 6.45) is 0. The number of hydrogen-bond donors (Lipinski definition) is 2. The number of nitrogens with one attached hydrogen (secondary N) is 1. The minimum Gasteiger partial charge on any atom is -0.399 e. The van der Waals surface area contributed by atoms with Gasteiger partial charge in [0.1, 0.15) is 0 Å². The molecule has 92 valence electrons. The fraction of sp³-hybridized carbons (Fsp3) is 0. The van der Waals surface area contributed by atoms with Gasteiger partial charge >= 0.3 is 0 Å². The summed E-state index contributed by atoms with van der Waals surface area (Å²) in [5.41, 5.74) is 7.14. The van der Waals surface area contributed by atoms with Gasteiger partial charge in [-0.15, -0.1) is 0 Å². The van der Waals surface area contributed by atoms with Crippen molar-refractivity contribution < 1.29 is 4.79 Å². The predicted molar refractivity (Wildman–Crippen MR) is 75.3 cm³/mol. The molecule has 0 spiro atoms. The van der Waals surface area contributed by atoms with Gasteiger partial charge in [-0.1, -0.05) is 29.3 Å². The Kier molecular flexibility index (Phi) is 3.75. The molecule has 0 radical (unpaired) electrons. The molecular weight excluding hydrogens is 271 g/mol. The molecule has 3 N–H and O–H groups in total. The Bertz CT molecular complexity index is 599. The summed E-state index contributed by atoms with van der Waals surface area (Å²) < 4.78 is 0. The Labute approximate surface area is 115 Å². The fourth-order valence-corrected chi connectivity index (χ4v) is 1.86. The Balaban J connectivity index is 2.24. The highest BCUT2D eigenvalue weighted by Crippen LogP contribution is 2.22. The van der Waals surface area contributed by atoms with E-state index in [1.807, 2.05) is 0 Å². The average Bonchev–Trinajstić information content (AvgIpc) is 2.32. The molecule has 1 amide bonds. The normalized spacial score (nSPS) is 10.1. The first kappa shape index (κ1) is 12.7. The van der Waals surface area contributed by atoms with Crippen LogP contribution in [-0.4, -0.2) is 5.91 Å². The van der Waals surface area contributed by atoms with Crippen LogP contribution in [0.5, 0.6) is 0 Å². The van der Waals surface area contributed by atoms with E-state index in [2.05, 4.69) is 5.32 Å². The number of amides is 1. The van der Waals surface area contributed by atoms with Crippen LogP contribution in [0, 0.1) is 0 Å². The summed E-state index contributed by atoms with van der Waals surface area (Å²) >= 11 is 11.8. The zero-order chi connectivity index (χ0) is 13.1. The zero-order valence-electron chi connectivity index (χ0n) is 9.28. The number of hydrogen-bond acceptors (Lipinski definition) is 2. The highest BCUT2D eigenvalue weighted by atomic mass is 35.5. The molecule has 0 aliphatic heterocycles. The second-order valence-corrected chi connectivity index (χ2v) is 4.55. The molecular formula is C13H10Cl2N2O. The van der Waals surface area contributed by atoms with Crippen LogP contribution in [0.4, 0.5) is 11.4 Å². The third-order valence-electron chi connectivity index (χ3n) is 2.32. The van der Waals surface area contributed by atoms with Crippen molar-refractivity contribution in [3.8, 4) is 0 Å². The molecule has 0 heterocycles. The number of carbonyl (C=O) groups is 1. The van der Waals surface area contributed by atoms with Gasteiger partial charge in [-0.25, -0.2) is 0 Å². The zero-order valence-corrected chi connectivity index (χ0v) is 10.8. The van der Waals surface area contributed by atoms with Crippen LogP contribution in [-0.2, 0) is 0 Å². The van der Waals surface area contributed by atoms with Gasteiger partial charge in [-0.05, 0) is 36.4 Å². The first-order valence-corrected chi connectivity index (χ1v) is 5.94. The van der Waals surface area contributed by atoms with Gasteiger partial charge in [-0.3, -0.25) is 4.79 Å². The maximum Gasteiger partial charge on any atom is 0.257 e. The molecule has 0 unspecified atom stereocenters. The molecule has 0 bridgehead atoms. The molecule has 0 aromatic heterocycles. The van der Waals surface area contributed by atoms with Crippen LogP contribution in [0.3, 0.4) is 0 Å². The van der Waals surface area contributed by atoms with E-state index < -0.39 is 0 Å². The Hall–Kier alpha value is -1.71. The lowest BCUT2D eigenvalue weighted by Gasteiger charge is -2.07. The number of benzene rings is 2. The van der Waals surface area contributed by atoms with Gasteiger partial charge in [0.2, 0.25) is 0 Å². The predicted octanol–water partition coefficient (Wildman–Crippen LogP) is 3.83. The van der Waals surface area contributed by atoms with Crippen LogP contribution in [0.25, 0.3) is 0 Å². The second-order valence-electron chi connectivity index (χ2n) is 3.70. The van der Waals surface area contributed by atoms with Gasteiger partial charge in [0, 0.05) is 16.4 Å². The van der Waals surface area contributed by atoms with Crippen molar-refractivity contribution in [2.45, 2.75) is 0 Å². The van der Waals surface area contributed by atoms with Crippen molar-refractivity contribution >= 4 is 40.5 Å². The fourth-order valence-electron chi connectivity index (χ4n) is 1.49. The van der Waals surface area contributed by atoms with Gasteiger partial charge in [0.15, 0.2) is 0 Å². The maximum absolute atomic E-state index is 12.0. The molecule has 3 nitrogen and oxygen atoms in total. The summed E-state index contributed by atoms with van der Waals surface area (Å²) in [6, 6.07) is 11.6. The lowest BCUT2D eigenvalue weighted by molar-refractivity contribution is 0.102. The van der Waals surface area contributed by atoms with E-state index in [9.17, 15) is 4.79 Å². The van der Waals surface area contributed by atoms with Crippen LogP contribution in [0.2, 0.25) is 10.0 Å². The van der Waals surface area contributed by atoms with Crippen LogP contribution in [0.1, 0.15) is 10.4 Å². The summed E-state index contributed by atoms with van der Waals surface area (Å²) in [6.45, 7) is 0. The number of rotatable bonds is 2. The van der Waals surface area contributed by atoms with Gasteiger partial charge in [0.25, 0.3) is 5.91 Å². The molecule has 0 atom stereocenters. The second kappa shape index (κ2) is 5.29. The van der Waals surface area contributed by atoms with Crippen LogP contribution >= 0.6 is 23.2 Å². The van der Waals surface area contributed by atoms with Gasteiger partial charge in [0.05, 0.1) is 10.6 Å². The van der Waals surface area contributed by atoms with Gasteiger partial charge < -0.3 is 11.1 Å². The van der Waals surface area contributed by atoms with E-state index in [-0.39, 0.29) is 5.91 Å². The number of anilines is 2. The minimum atomic E-state index is -0.326. The number of carbonyl (C=O) groups excluding carboxylic acids is 1. The third kappa shape index (κ3) is 2.94. The third-order valence-corrected chi connectivity index (χ3v) is 2.88. The topological polar surface area (TPSA) is 55.1 Å². The molecule has 2 aromatic carbocycles. The van der Waals surface area contributed by atoms with Crippen molar-refractivity contribution in [3.05, 3.63) is 58.1 Å². The van der Waals surface area contributed by atoms with E-state index in [0.29, 0.717) is 27.0 Å². The first-order valence-electron chi connectivity index (χ1n) is 5.18. The molecule has 0 saturated heterocycles. The first-order chi connectivity index (χ1) is 8.56. The van der Waals surface area contributed by atoms with Crippen LogP contribution < -0.4 is 11.1 Å². The lowest BCUT2D eigenvalue weighted by atomic mass is 10.2. The highest BCUT2D eigenvalue weighted by Gasteiger charge is 2.11. The summed E-state index contributed by atoms with van der Waals surface area (Å²) in [4.78, 5) is 12.0. The standard InChI is InChI=1S/C13H10Cl2N2O/c14-8-4-5-12(15)11(6-8)13(18)17-10-3-1-2-9(16)7-10/h1-7H,16H2,(H,17,18). The number of halogens is 2. The maximum atomic E-state index is 12.0. The van der Waals surface area contributed by atoms with E-state index >= 15 is 0 Å². The van der Waals surface area contributed by atoms with Crippen molar-refractivity contribution in [3.63, 3.8) is 0 Å². The lowest BCUT2D eigenvalue weighted by Crippen LogP contribution is -2.12. The van der Waals surface area contributed by atoms with Crippen molar-refractivity contribution in [2.75, 3.05) is 11.1 Å². The molecule has 2 aromatic rings. The summed E-state index contributed by atoms with van der Waals surface area (Å²) in [5.74, 6) is -0.326. The Morgan fingerprint density at radius 2 is 1.89 bits per heavy atom. The van der Waals surface area contributed by atoms with Crippen LogP contribution in [0.15, 0.2) is 42.5 Å². The summed E-state index contributed by atoms with van der Waals surface area (Å²) in [7, 11) is 0. The minimum absolute atomic E-state index is 0.326. The average molecular weight is 281 g/mol. The Morgan fingerprint density at radius 3 is 2.61 bits per heavy atom. The van der Waals surface area contributed by atoms with Gasteiger partial charge in [-0.2, -0.15) is 0 Å². The summed E-state index contributed by atoms with van der Waals surface area (Å²) in [5, 5.41) is 3.51. The Morgan fingerprint density at radius 1 is 1.11 bits per heavy atom. The molecule has 0 aliphatic carbocycles. The molecule has 2 rings (SSSR count). The van der Waals surface area contributed by atoms with Crippen molar-refractivity contribution in [2.24, 2.45) is 0 Å². The van der Waals surface area contributed by atoms with Crippen molar-refractivity contribution in [1.82, 2.24) is 0 Å². The number of nitrogen functional groups attached to an aromatic ring is 1. The molecule has 0 fully saturated rings. The largest absolute Gasteiger partial charge is 0.399 e. The quantitative estimate of drug-likeness (QED) is 0.822. The monoisotopic (exact) mass is 280 g/mol. The molecule has 0 saturated carbocycles. The van der Waals surface area contributed by atoms with E-state index in [1.165, 1.54) is 6.07 Å². The van der Waals surface area contributed by atoms with Crippen molar-refractivity contribution in [1.29, 1.82) is 0 Å². The van der Waals surface area contributed by atoms with E-state index in [0.717, 1.165) is 0 Å². The van der Waals surface area contributed by atoms with E-state index in [4.69, 9.17) is 28.9 Å². The number of nitrogens with two attached hydrogens (primary N) is 1. The SMILES string of the molecule is Nc1cccc(NC(=O)c2cc(Cl)ccc2Cl)c1. The molecule has 5 heteroatoms.